The standard InChI is InChI=1S/C54H32F12N2/c1-29-11-17-37(46(23-29)54(64,65)66)32-13-19-41-39-8-4-6-10-48(39)68(50(41)26-32)35-16-22-45(53(61,62)63)43(28-35)42-27-34(15-21-44(42)52(58,59)60)67-47-9-5-3-7-38(47)40-18-12-31(25-49(40)67)36-20-14-33(24-30(36)2)51(55,56)57/h3-28H,1-2H3. The Kier molecular flexibility index (Phi) is 10.1. The highest BCUT2D eigenvalue weighted by molar-refractivity contribution is 6.11. The predicted octanol–water partition coefficient (Wildman–Crippen LogP) is 17.6. The lowest BCUT2D eigenvalue weighted by Crippen LogP contribution is -2.12. The Hall–Kier alpha value is -7.48. The van der Waals surface area contributed by atoms with Crippen molar-refractivity contribution in [2.24, 2.45) is 0 Å². The molecule has 8 aromatic carbocycles. The number of hydrogen-bond acceptors (Lipinski definition) is 0. The molecule has 0 atom stereocenters. The number of nitrogens with zero attached hydrogens (tertiary/aromatic N) is 2. The van der Waals surface area contributed by atoms with Gasteiger partial charge in [0.25, 0.3) is 0 Å². The van der Waals surface area contributed by atoms with Gasteiger partial charge in [-0.05, 0) is 132 Å². The maximum atomic E-state index is 15.2. The molecule has 0 N–H and O–H groups in total. The molecule has 0 aliphatic carbocycles. The van der Waals surface area contributed by atoms with Crippen LogP contribution in [0.4, 0.5) is 52.7 Å². The summed E-state index contributed by atoms with van der Waals surface area (Å²) in [7, 11) is 0. The van der Waals surface area contributed by atoms with Gasteiger partial charge in [-0.25, -0.2) is 0 Å². The fraction of sp³-hybridized carbons (Fsp3) is 0.111. The second-order valence-electron chi connectivity index (χ2n) is 16.7. The average Bonchev–Trinajstić information content (AvgIpc) is 3.79. The first kappa shape index (κ1) is 44.4. The van der Waals surface area contributed by atoms with Crippen molar-refractivity contribution >= 4 is 43.6 Å². The number of halogens is 12. The Balaban J connectivity index is 1.22. The van der Waals surface area contributed by atoms with E-state index >= 15 is 26.3 Å². The van der Waals surface area contributed by atoms with Crippen molar-refractivity contribution in [3.05, 3.63) is 191 Å². The molecular formula is C54H32F12N2. The Bertz CT molecular complexity index is 3660. The Morgan fingerprint density at radius 2 is 0.765 bits per heavy atom. The summed E-state index contributed by atoms with van der Waals surface area (Å²) >= 11 is 0. The molecular weight excluding hydrogens is 905 g/mol. The second-order valence-corrected chi connectivity index (χ2v) is 16.7. The molecule has 10 rings (SSSR count). The van der Waals surface area contributed by atoms with Crippen LogP contribution < -0.4 is 0 Å². The van der Waals surface area contributed by atoms with Crippen molar-refractivity contribution in [1.82, 2.24) is 9.13 Å². The molecule has 0 aliphatic heterocycles. The molecule has 10 aromatic rings. The van der Waals surface area contributed by atoms with Gasteiger partial charge in [0.2, 0.25) is 0 Å². The Morgan fingerprint density at radius 1 is 0.324 bits per heavy atom. The fourth-order valence-electron chi connectivity index (χ4n) is 9.42. The zero-order chi connectivity index (χ0) is 48.2. The molecule has 0 saturated carbocycles. The van der Waals surface area contributed by atoms with Crippen molar-refractivity contribution in [2.45, 2.75) is 38.6 Å². The van der Waals surface area contributed by atoms with Crippen LogP contribution in [0, 0.1) is 13.8 Å². The van der Waals surface area contributed by atoms with Crippen molar-refractivity contribution in [3.8, 4) is 44.8 Å². The third kappa shape index (κ3) is 7.51. The minimum Gasteiger partial charge on any atom is -0.309 e. The topological polar surface area (TPSA) is 9.86 Å². The van der Waals surface area contributed by atoms with Gasteiger partial charge < -0.3 is 9.13 Å². The quantitative estimate of drug-likeness (QED) is 0.152. The van der Waals surface area contributed by atoms with E-state index in [1.54, 1.807) is 77.4 Å². The molecule has 2 nitrogen and oxygen atoms in total. The first-order chi connectivity index (χ1) is 32.1. The van der Waals surface area contributed by atoms with E-state index in [-0.39, 0.29) is 28.0 Å². The number of aromatic nitrogens is 2. The monoisotopic (exact) mass is 936 g/mol. The summed E-state index contributed by atoms with van der Waals surface area (Å²) in [5.74, 6) is 0. The smallest absolute Gasteiger partial charge is 0.309 e. The average molecular weight is 937 g/mol. The summed E-state index contributed by atoms with van der Waals surface area (Å²) < 4.78 is 178. The first-order valence-electron chi connectivity index (χ1n) is 20.9. The highest BCUT2D eigenvalue weighted by Crippen LogP contribution is 2.47. The van der Waals surface area contributed by atoms with Gasteiger partial charge in [-0.15, -0.1) is 0 Å². The van der Waals surface area contributed by atoms with Crippen LogP contribution >= 0.6 is 0 Å². The Labute approximate surface area is 378 Å². The van der Waals surface area contributed by atoms with Crippen LogP contribution in [0.15, 0.2) is 158 Å². The van der Waals surface area contributed by atoms with Crippen molar-refractivity contribution in [3.63, 3.8) is 0 Å². The maximum absolute atomic E-state index is 15.2. The van der Waals surface area contributed by atoms with E-state index < -0.39 is 58.1 Å². The van der Waals surface area contributed by atoms with E-state index in [1.165, 1.54) is 48.7 Å². The van der Waals surface area contributed by atoms with Crippen LogP contribution in [0.5, 0.6) is 0 Å². The van der Waals surface area contributed by atoms with Crippen LogP contribution in [-0.2, 0) is 24.7 Å². The molecule has 0 amide bonds. The van der Waals surface area contributed by atoms with Crippen molar-refractivity contribution in [1.29, 1.82) is 0 Å². The predicted molar refractivity (Wildman–Crippen MR) is 241 cm³/mol. The van der Waals surface area contributed by atoms with Gasteiger partial charge in [0, 0.05) is 32.9 Å². The largest absolute Gasteiger partial charge is 0.417 e. The highest BCUT2D eigenvalue weighted by atomic mass is 19.4. The SMILES string of the molecule is Cc1ccc(-c2ccc3c4ccccc4n(-c4ccc(C(F)(F)F)c(-c5cc(-n6c7ccccc7c7ccc(-c8ccc(C(F)(F)F)cc8C)cc76)ccc5C(F)(F)F)c4)c3c2)c(C(F)(F)F)c1. The molecule has 0 radical (unpaired) electrons. The van der Waals surface area contributed by atoms with Crippen LogP contribution in [0.2, 0.25) is 0 Å². The lowest BCUT2D eigenvalue weighted by atomic mass is 9.93. The van der Waals surface area contributed by atoms with Gasteiger partial charge >= 0.3 is 24.7 Å². The number of hydrogen-bond donors (Lipinski definition) is 0. The molecule has 0 bridgehead atoms. The van der Waals surface area contributed by atoms with Gasteiger partial charge in [0.15, 0.2) is 0 Å². The number of benzene rings is 8. The molecule has 0 unspecified atom stereocenters. The number of para-hydroxylation sites is 2. The first-order valence-corrected chi connectivity index (χ1v) is 20.9. The van der Waals surface area contributed by atoms with Crippen molar-refractivity contribution < 1.29 is 52.7 Å². The summed E-state index contributed by atoms with van der Waals surface area (Å²) in [5, 5.41) is 2.38. The molecule has 0 saturated heterocycles. The number of rotatable bonds is 5. The summed E-state index contributed by atoms with van der Waals surface area (Å²) in [4.78, 5) is 0. The normalized spacial score (nSPS) is 12.9. The minimum absolute atomic E-state index is 0.00301. The lowest BCUT2D eigenvalue weighted by molar-refractivity contribution is -0.139. The van der Waals surface area contributed by atoms with Crippen molar-refractivity contribution in [2.75, 3.05) is 0 Å². The molecule has 2 aromatic heterocycles. The van der Waals surface area contributed by atoms with E-state index in [4.69, 9.17) is 0 Å². The Morgan fingerprint density at radius 3 is 1.22 bits per heavy atom. The van der Waals surface area contributed by atoms with Gasteiger partial charge in [-0.1, -0.05) is 84.4 Å². The minimum atomic E-state index is -5.17. The lowest BCUT2D eigenvalue weighted by Gasteiger charge is -2.21. The zero-order valence-corrected chi connectivity index (χ0v) is 35.4. The molecule has 68 heavy (non-hydrogen) atoms. The fourth-order valence-corrected chi connectivity index (χ4v) is 9.42. The molecule has 2 heterocycles. The highest BCUT2D eigenvalue weighted by Gasteiger charge is 2.40. The summed E-state index contributed by atoms with van der Waals surface area (Å²) in [6, 6.07) is 36.3. The number of aryl methyl sites for hydroxylation is 2. The van der Waals surface area contributed by atoms with E-state index in [0.717, 1.165) is 42.5 Å². The maximum Gasteiger partial charge on any atom is 0.417 e. The third-order valence-electron chi connectivity index (χ3n) is 12.4. The number of fused-ring (bicyclic) bond motifs is 6. The van der Waals surface area contributed by atoms with Gasteiger partial charge in [0.05, 0.1) is 44.3 Å². The van der Waals surface area contributed by atoms with E-state index in [9.17, 15) is 26.3 Å². The van der Waals surface area contributed by atoms with Gasteiger partial charge in [-0.3, -0.25) is 0 Å². The van der Waals surface area contributed by atoms with E-state index in [1.807, 2.05) is 0 Å². The molecule has 0 spiro atoms. The second kappa shape index (κ2) is 15.5. The van der Waals surface area contributed by atoms with Crippen LogP contribution in [0.3, 0.4) is 0 Å². The van der Waals surface area contributed by atoms with Crippen LogP contribution in [0.1, 0.15) is 33.4 Å². The zero-order valence-electron chi connectivity index (χ0n) is 35.4. The molecule has 342 valence electrons. The summed E-state index contributed by atoms with van der Waals surface area (Å²) in [6.45, 7) is 3.04. The summed E-state index contributed by atoms with van der Waals surface area (Å²) in [5.41, 5.74) is -2.81. The molecule has 14 heteroatoms. The van der Waals surface area contributed by atoms with Gasteiger partial charge in [-0.2, -0.15) is 52.7 Å². The van der Waals surface area contributed by atoms with E-state index in [0.29, 0.717) is 72.5 Å². The van der Waals surface area contributed by atoms with Crippen LogP contribution in [-0.4, -0.2) is 9.13 Å². The number of alkyl halides is 12. The molecule has 0 fully saturated rings. The summed E-state index contributed by atoms with van der Waals surface area (Å²) in [6.07, 6.45) is -19.7. The van der Waals surface area contributed by atoms with Crippen LogP contribution in [0.25, 0.3) is 88.4 Å². The third-order valence-corrected chi connectivity index (χ3v) is 12.4. The van der Waals surface area contributed by atoms with Gasteiger partial charge in [0.1, 0.15) is 0 Å². The van der Waals surface area contributed by atoms with E-state index in [2.05, 4.69) is 0 Å². The molecule has 0 aliphatic rings.